The molecule has 0 spiro atoms. The molecule has 0 saturated heterocycles. The lowest BCUT2D eigenvalue weighted by molar-refractivity contribution is 0.138. The Kier molecular flexibility index (Phi) is 7.63. The summed E-state index contributed by atoms with van der Waals surface area (Å²) in [6, 6.07) is 0. The van der Waals surface area contributed by atoms with Crippen molar-refractivity contribution in [2.45, 2.75) is 0 Å². The minimum Gasteiger partial charge on any atom is -0.379 e. The molecule has 0 heterocycles. The minimum absolute atomic E-state index is 0.623. The van der Waals surface area contributed by atoms with Gasteiger partial charge in [0.25, 0.3) is 0 Å². The Morgan fingerprint density at radius 2 is 1.44 bits per heavy atom. The van der Waals surface area contributed by atoms with Crippen LogP contribution in [0.5, 0.6) is 0 Å². The summed E-state index contributed by atoms with van der Waals surface area (Å²) >= 11 is 0. The van der Waals surface area contributed by atoms with Gasteiger partial charge in [-0.15, -0.1) is 0 Å². The first-order chi connectivity index (χ1) is 4.41. The molecule has 0 aliphatic heterocycles. The van der Waals surface area contributed by atoms with Crippen LogP contribution >= 0.6 is 0 Å². The zero-order valence-corrected chi connectivity index (χ0v) is 5.39. The number of hydrazine groups is 2. The van der Waals surface area contributed by atoms with Gasteiger partial charge in [-0.25, -0.2) is 0 Å². The summed E-state index contributed by atoms with van der Waals surface area (Å²) in [4.78, 5) is 0. The lowest BCUT2D eigenvalue weighted by Crippen LogP contribution is -2.29. The molecule has 0 aliphatic carbocycles. The van der Waals surface area contributed by atoms with E-state index in [1.54, 1.807) is 0 Å². The largest absolute Gasteiger partial charge is 0.379 e. The Balaban J connectivity index is 2.60. The summed E-state index contributed by atoms with van der Waals surface area (Å²) in [5, 5.41) is 0. The van der Waals surface area contributed by atoms with Gasteiger partial charge in [0.2, 0.25) is 0 Å². The highest BCUT2D eigenvalue weighted by molar-refractivity contribution is 4.36. The Bertz CT molecular complexity index is 45.8. The zero-order chi connectivity index (χ0) is 6.95. The predicted molar refractivity (Wildman–Crippen MR) is 35.2 cm³/mol. The van der Waals surface area contributed by atoms with Crippen LogP contribution in [0.1, 0.15) is 0 Å². The lowest BCUT2D eigenvalue weighted by Gasteiger charge is -2.01. The van der Waals surface area contributed by atoms with Gasteiger partial charge in [0.05, 0.1) is 13.2 Å². The number of nitrogens with two attached hydrogens (primary N) is 2. The predicted octanol–water partition coefficient (Wildman–Crippen LogP) is -2.07. The van der Waals surface area contributed by atoms with Gasteiger partial charge < -0.3 is 4.74 Å². The molecule has 56 valence electrons. The van der Waals surface area contributed by atoms with Crippen LogP contribution in [0.25, 0.3) is 0 Å². The second-order valence-corrected chi connectivity index (χ2v) is 1.52. The number of ether oxygens (including phenoxy) is 1. The van der Waals surface area contributed by atoms with Gasteiger partial charge in [-0.1, -0.05) is 0 Å². The molecule has 0 fully saturated rings. The van der Waals surface area contributed by atoms with Crippen LogP contribution in [0, 0.1) is 0 Å². The Labute approximate surface area is 54.7 Å². The van der Waals surface area contributed by atoms with Crippen LogP contribution in [0.4, 0.5) is 0 Å². The molecule has 0 unspecified atom stereocenters. The summed E-state index contributed by atoms with van der Waals surface area (Å²) < 4.78 is 5.03. The third-order valence-corrected chi connectivity index (χ3v) is 0.781. The van der Waals surface area contributed by atoms with Gasteiger partial charge in [-0.3, -0.25) is 22.5 Å². The van der Waals surface area contributed by atoms with Gasteiger partial charge in [0.15, 0.2) is 0 Å². The van der Waals surface area contributed by atoms with E-state index in [-0.39, 0.29) is 0 Å². The van der Waals surface area contributed by atoms with Gasteiger partial charge in [-0.05, 0) is 0 Å². The molecule has 0 aromatic rings. The van der Waals surface area contributed by atoms with Crippen LogP contribution in [0.3, 0.4) is 0 Å². The highest BCUT2D eigenvalue weighted by atomic mass is 16.5. The van der Waals surface area contributed by atoms with Crippen molar-refractivity contribution in [2.24, 2.45) is 11.7 Å². The standard InChI is InChI=1S/C4H14N4O/c5-7-1-3-9-4-2-8-6/h7-8H,1-6H2. The molecule has 5 nitrogen and oxygen atoms in total. The first-order valence-electron chi connectivity index (χ1n) is 2.86. The average molecular weight is 134 g/mol. The minimum atomic E-state index is 0.623. The van der Waals surface area contributed by atoms with E-state index in [4.69, 9.17) is 16.4 Å². The van der Waals surface area contributed by atoms with Crippen molar-refractivity contribution >= 4 is 0 Å². The van der Waals surface area contributed by atoms with E-state index in [0.29, 0.717) is 26.3 Å². The Hall–Kier alpha value is -0.200. The summed E-state index contributed by atoms with van der Waals surface area (Å²) in [6.07, 6.45) is 0. The van der Waals surface area contributed by atoms with Crippen LogP contribution in [0.15, 0.2) is 0 Å². The first kappa shape index (κ1) is 8.80. The number of hydrogen-bond acceptors (Lipinski definition) is 5. The monoisotopic (exact) mass is 134 g/mol. The summed E-state index contributed by atoms with van der Waals surface area (Å²) in [5.41, 5.74) is 4.94. The molecular formula is C4H14N4O. The highest BCUT2D eigenvalue weighted by Crippen LogP contribution is 1.68. The van der Waals surface area contributed by atoms with E-state index in [9.17, 15) is 0 Å². The number of hydrogen-bond donors (Lipinski definition) is 4. The molecule has 5 heteroatoms. The molecule has 0 aliphatic rings. The van der Waals surface area contributed by atoms with Crippen molar-refractivity contribution in [1.82, 2.24) is 10.9 Å². The van der Waals surface area contributed by atoms with E-state index < -0.39 is 0 Å². The summed E-state index contributed by atoms with van der Waals surface area (Å²) in [6.45, 7) is 2.59. The molecule has 6 N–H and O–H groups in total. The number of nitrogens with one attached hydrogen (secondary N) is 2. The van der Waals surface area contributed by atoms with E-state index in [1.807, 2.05) is 0 Å². The van der Waals surface area contributed by atoms with Crippen LogP contribution in [0.2, 0.25) is 0 Å². The SMILES string of the molecule is NNCCOCCNN. The maximum absolute atomic E-state index is 5.03. The average Bonchev–Trinajstić information content (AvgIpc) is 1.89. The van der Waals surface area contributed by atoms with Crippen LogP contribution in [-0.4, -0.2) is 26.3 Å². The van der Waals surface area contributed by atoms with Crippen LogP contribution in [-0.2, 0) is 4.74 Å². The molecule has 0 amide bonds. The maximum atomic E-state index is 5.03. The lowest BCUT2D eigenvalue weighted by atomic mass is 10.7. The smallest absolute Gasteiger partial charge is 0.0605 e. The van der Waals surface area contributed by atoms with Crippen molar-refractivity contribution in [1.29, 1.82) is 0 Å². The Morgan fingerprint density at radius 1 is 1.00 bits per heavy atom. The normalized spacial score (nSPS) is 10.0. The fraction of sp³-hybridized carbons (Fsp3) is 1.00. The quantitative estimate of drug-likeness (QED) is 0.190. The molecule has 0 aromatic carbocycles. The van der Waals surface area contributed by atoms with E-state index in [2.05, 4.69) is 10.9 Å². The van der Waals surface area contributed by atoms with Crippen molar-refractivity contribution < 1.29 is 4.74 Å². The second kappa shape index (κ2) is 7.80. The summed E-state index contributed by atoms with van der Waals surface area (Å²) in [7, 11) is 0. The Morgan fingerprint density at radius 3 is 1.78 bits per heavy atom. The van der Waals surface area contributed by atoms with Crippen molar-refractivity contribution in [2.75, 3.05) is 26.3 Å². The summed E-state index contributed by atoms with van der Waals surface area (Å²) in [5.74, 6) is 9.95. The third-order valence-electron chi connectivity index (χ3n) is 0.781. The zero-order valence-electron chi connectivity index (χ0n) is 5.39. The topological polar surface area (TPSA) is 85.3 Å². The van der Waals surface area contributed by atoms with Gasteiger partial charge >= 0.3 is 0 Å². The van der Waals surface area contributed by atoms with Crippen molar-refractivity contribution in [3.8, 4) is 0 Å². The fourth-order valence-corrected chi connectivity index (χ4v) is 0.364. The molecule has 0 radical (unpaired) electrons. The highest BCUT2D eigenvalue weighted by Gasteiger charge is 1.83. The van der Waals surface area contributed by atoms with E-state index >= 15 is 0 Å². The molecule has 0 atom stereocenters. The molecule has 0 aromatic heterocycles. The molecular weight excluding hydrogens is 120 g/mol. The maximum Gasteiger partial charge on any atom is 0.0605 e. The fourth-order valence-electron chi connectivity index (χ4n) is 0.364. The molecule has 9 heavy (non-hydrogen) atoms. The number of rotatable bonds is 6. The van der Waals surface area contributed by atoms with Crippen molar-refractivity contribution in [3.63, 3.8) is 0 Å². The first-order valence-corrected chi connectivity index (χ1v) is 2.86. The third kappa shape index (κ3) is 7.80. The van der Waals surface area contributed by atoms with Crippen molar-refractivity contribution in [3.05, 3.63) is 0 Å². The van der Waals surface area contributed by atoms with Gasteiger partial charge in [0.1, 0.15) is 0 Å². The molecule has 0 bridgehead atoms. The van der Waals surface area contributed by atoms with Crippen LogP contribution < -0.4 is 22.5 Å². The van der Waals surface area contributed by atoms with E-state index in [1.165, 1.54) is 0 Å². The second-order valence-electron chi connectivity index (χ2n) is 1.52. The van der Waals surface area contributed by atoms with Gasteiger partial charge in [-0.2, -0.15) is 0 Å². The molecule has 0 rings (SSSR count). The van der Waals surface area contributed by atoms with Gasteiger partial charge in [0, 0.05) is 13.1 Å². The van der Waals surface area contributed by atoms with E-state index in [0.717, 1.165) is 0 Å². The molecule has 0 saturated carbocycles.